The lowest BCUT2D eigenvalue weighted by Gasteiger charge is -2.26. The number of rotatable bonds is 3. The molecule has 0 radical (unpaired) electrons. The molecule has 19 heavy (non-hydrogen) atoms. The standard InChI is InChI=1S/C14H18N4O/c19-14-17-6-2-1-3-13(17)15-18(14)8-7-16-10-11-4-5-12(16)9-11/h1-3,6,11-12H,4-5,7-10H2. The second-order valence-electron chi connectivity index (χ2n) is 5.76. The maximum absolute atomic E-state index is 12.1. The van der Waals surface area contributed by atoms with Crippen molar-refractivity contribution in [2.75, 3.05) is 13.1 Å². The molecule has 2 aliphatic rings. The van der Waals surface area contributed by atoms with Gasteiger partial charge in [0.25, 0.3) is 0 Å². The number of hydrogen-bond donors (Lipinski definition) is 0. The van der Waals surface area contributed by atoms with E-state index in [1.807, 2.05) is 18.2 Å². The first-order valence-electron chi connectivity index (χ1n) is 7.09. The van der Waals surface area contributed by atoms with E-state index >= 15 is 0 Å². The van der Waals surface area contributed by atoms with E-state index in [9.17, 15) is 4.79 Å². The molecule has 2 unspecified atom stereocenters. The molecule has 2 aromatic rings. The molecule has 100 valence electrons. The summed E-state index contributed by atoms with van der Waals surface area (Å²) in [7, 11) is 0. The van der Waals surface area contributed by atoms with E-state index < -0.39 is 0 Å². The quantitative estimate of drug-likeness (QED) is 0.824. The third-order valence-corrected chi connectivity index (χ3v) is 4.61. The first-order chi connectivity index (χ1) is 9.31. The van der Waals surface area contributed by atoms with Crippen molar-refractivity contribution in [3.05, 3.63) is 34.9 Å². The van der Waals surface area contributed by atoms with Crippen molar-refractivity contribution in [1.82, 2.24) is 19.1 Å². The van der Waals surface area contributed by atoms with Gasteiger partial charge in [0, 0.05) is 25.3 Å². The first kappa shape index (κ1) is 11.2. The molecule has 0 N–H and O–H groups in total. The molecule has 1 aliphatic heterocycles. The molecule has 1 aliphatic carbocycles. The Morgan fingerprint density at radius 3 is 2.95 bits per heavy atom. The van der Waals surface area contributed by atoms with Gasteiger partial charge in [-0.15, -0.1) is 5.10 Å². The van der Waals surface area contributed by atoms with E-state index in [4.69, 9.17) is 0 Å². The number of likely N-dealkylation sites (tertiary alicyclic amines) is 1. The van der Waals surface area contributed by atoms with Gasteiger partial charge in [0.2, 0.25) is 0 Å². The maximum Gasteiger partial charge on any atom is 0.350 e. The highest BCUT2D eigenvalue weighted by Gasteiger charge is 2.37. The molecule has 0 amide bonds. The minimum atomic E-state index is -0.0278. The smallest absolute Gasteiger partial charge is 0.298 e. The molecule has 2 atom stereocenters. The van der Waals surface area contributed by atoms with Crippen molar-refractivity contribution in [3.63, 3.8) is 0 Å². The van der Waals surface area contributed by atoms with Crippen molar-refractivity contribution >= 4 is 5.65 Å². The number of piperidine rings is 1. The normalized spacial score (nSPS) is 26.5. The Kier molecular flexibility index (Phi) is 2.48. The van der Waals surface area contributed by atoms with Crippen molar-refractivity contribution in [2.45, 2.75) is 31.8 Å². The summed E-state index contributed by atoms with van der Waals surface area (Å²) >= 11 is 0. The van der Waals surface area contributed by atoms with Crippen molar-refractivity contribution in [1.29, 1.82) is 0 Å². The summed E-state index contributed by atoms with van der Waals surface area (Å²) in [5, 5.41) is 4.38. The molecular weight excluding hydrogens is 240 g/mol. The fourth-order valence-electron chi connectivity index (χ4n) is 3.64. The molecule has 1 saturated heterocycles. The molecule has 4 rings (SSSR count). The van der Waals surface area contributed by atoms with Crippen molar-refractivity contribution < 1.29 is 0 Å². The van der Waals surface area contributed by atoms with Crippen LogP contribution >= 0.6 is 0 Å². The van der Waals surface area contributed by atoms with Crippen LogP contribution in [-0.2, 0) is 6.54 Å². The second kappa shape index (κ2) is 4.20. The third-order valence-electron chi connectivity index (χ3n) is 4.61. The molecule has 0 aromatic carbocycles. The lowest BCUT2D eigenvalue weighted by molar-refractivity contribution is 0.202. The number of pyridine rings is 1. The summed E-state index contributed by atoms with van der Waals surface area (Å²) in [6.07, 6.45) is 5.87. The van der Waals surface area contributed by atoms with E-state index in [2.05, 4.69) is 10.00 Å². The van der Waals surface area contributed by atoms with Gasteiger partial charge < -0.3 is 0 Å². The molecular formula is C14H18N4O. The second-order valence-corrected chi connectivity index (χ2v) is 5.76. The summed E-state index contributed by atoms with van der Waals surface area (Å²) in [6.45, 7) is 2.86. The lowest BCUT2D eigenvalue weighted by Crippen LogP contribution is -2.36. The van der Waals surface area contributed by atoms with Crippen molar-refractivity contribution in [2.24, 2.45) is 5.92 Å². The van der Waals surface area contributed by atoms with Crippen LogP contribution in [0.1, 0.15) is 19.3 Å². The monoisotopic (exact) mass is 258 g/mol. The van der Waals surface area contributed by atoms with E-state index in [0.29, 0.717) is 6.54 Å². The zero-order valence-electron chi connectivity index (χ0n) is 10.9. The number of hydrogen-bond acceptors (Lipinski definition) is 3. The molecule has 2 fully saturated rings. The van der Waals surface area contributed by atoms with Crippen LogP contribution in [0.3, 0.4) is 0 Å². The zero-order chi connectivity index (χ0) is 12.8. The van der Waals surface area contributed by atoms with E-state index in [-0.39, 0.29) is 5.69 Å². The third kappa shape index (κ3) is 1.80. The van der Waals surface area contributed by atoms with Gasteiger partial charge in [0.15, 0.2) is 5.65 Å². The van der Waals surface area contributed by atoms with Gasteiger partial charge in [-0.05, 0) is 37.3 Å². The van der Waals surface area contributed by atoms with Gasteiger partial charge in [-0.2, -0.15) is 0 Å². The Morgan fingerprint density at radius 2 is 2.21 bits per heavy atom. The Bertz CT molecular complexity index is 659. The summed E-state index contributed by atoms with van der Waals surface area (Å²) in [5.74, 6) is 0.905. The van der Waals surface area contributed by atoms with E-state index in [1.165, 1.54) is 25.8 Å². The largest absolute Gasteiger partial charge is 0.350 e. The molecule has 5 nitrogen and oxygen atoms in total. The highest BCUT2D eigenvalue weighted by Crippen LogP contribution is 2.36. The Morgan fingerprint density at radius 1 is 1.26 bits per heavy atom. The van der Waals surface area contributed by atoms with Crippen LogP contribution in [0.4, 0.5) is 0 Å². The van der Waals surface area contributed by atoms with E-state index in [0.717, 1.165) is 24.2 Å². The molecule has 2 aromatic heterocycles. The van der Waals surface area contributed by atoms with Crippen LogP contribution in [0.2, 0.25) is 0 Å². The fraction of sp³-hybridized carbons (Fsp3) is 0.571. The summed E-state index contributed by atoms with van der Waals surface area (Å²) in [6, 6.07) is 6.40. The molecule has 5 heteroatoms. The minimum Gasteiger partial charge on any atom is -0.298 e. The van der Waals surface area contributed by atoms with Crippen LogP contribution in [-0.4, -0.2) is 38.2 Å². The first-order valence-corrected chi connectivity index (χ1v) is 7.09. The molecule has 0 spiro atoms. The summed E-state index contributed by atoms with van der Waals surface area (Å²) in [4.78, 5) is 14.7. The predicted octanol–water partition coefficient (Wildman–Crippen LogP) is 0.980. The topological polar surface area (TPSA) is 42.5 Å². The van der Waals surface area contributed by atoms with Gasteiger partial charge in [0.05, 0.1) is 6.54 Å². The summed E-state index contributed by atoms with van der Waals surface area (Å²) < 4.78 is 3.21. The Hall–Kier alpha value is -1.62. The van der Waals surface area contributed by atoms with Crippen LogP contribution in [0.5, 0.6) is 0 Å². The van der Waals surface area contributed by atoms with Gasteiger partial charge in [-0.3, -0.25) is 9.30 Å². The number of aromatic nitrogens is 3. The van der Waals surface area contributed by atoms with Gasteiger partial charge >= 0.3 is 5.69 Å². The highest BCUT2D eigenvalue weighted by atomic mass is 16.2. The predicted molar refractivity (Wildman–Crippen MR) is 72.2 cm³/mol. The van der Waals surface area contributed by atoms with Crippen LogP contribution in [0, 0.1) is 5.92 Å². The lowest BCUT2D eigenvalue weighted by atomic mass is 10.1. The van der Waals surface area contributed by atoms with Crippen LogP contribution in [0.25, 0.3) is 5.65 Å². The van der Waals surface area contributed by atoms with Crippen LogP contribution < -0.4 is 5.69 Å². The summed E-state index contributed by atoms with van der Waals surface area (Å²) in [5.41, 5.74) is 0.704. The van der Waals surface area contributed by atoms with Crippen LogP contribution in [0.15, 0.2) is 29.2 Å². The highest BCUT2D eigenvalue weighted by molar-refractivity contribution is 5.35. The fourth-order valence-corrected chi connectivity index (χ4v) is 3.64. The number of nitrogens with zero attached hydrogens (tertiary/aromatic N) is 4. The van der Waals surface area contributed by atoms with E-state index in [1.54, 1.807) is 15.3 Å². The van der Waals surface area contributed by atoms with Gasteiger partial charge in [-0.25, -0.2) is 9.48 Å². The van der Waals surface area contributed by atoms with Crippen molar-refractivity contribution in [3.8, 4) is 0 Å². The molecule has 2 bridgehead atoms. The SMILES string of the molecule is O=c1n(CCN2CC3CCC2C3)nc2ccccn12. The average molecular weight is 258 g/mol. The Labute approximate surface area is 111 Å². The molecule has 3 heterocycles. The maximum atomic E-state index is 12.1. The minimum absolute atomic E-state index is 0.0278. The zero-order valence-corrected chi connectivity index (χ0v) is 10.9. The molecule has 1 saturated carbocycles. The Balaban J connectivity index is 1.52. The average Bonchev–Trinajstić information content (AvgIpc) is 3.12. The van der Waals surface area contributed by atoms with Gasteiger partial charge in [0.1, 0.15) is 0 Å². The van der Waals surface area contributed by atoms with Gasteiger partial charge in [-0.1, -0.05) is 6.07 Å². The number of fused-ring (bicyclic) bond motifs is 3.